The summed E-state index contributed by atoms with van der Waals surface area (Å²) in [5.41, 5.74) is 0.727. The number of aromatic nitrogens is 1. The fourth-order valence-electron chi connectivity index (χ4n) is 5.83. The molecule has 1 aromatic heterocycles. The number of rotatable bonds is 5. The van der Waals surface area contributed by atoms with Crippen molar-refractivity contribution in [2.24, 2.45) is 17.8 Å². The molecule has 1 amide bonds. The molecule has 4 saturated carbocycles. The van der Waals surface area contributed by atoms with Gasteiger partial charge in [-0.2, -0.15) is 0 Å². The van der Waals surface area contributed by atoms with E-state index in [0.717, 1.165) is 29.3 Å². The van der Waals surface area contributed by atoms with Gasteiger partial charge in [-0.15, -0.1) is 11.3 Å². The minimum Gasteiger partial charge on any atom is -0.378 e. The van der Waals surface area contributed by atoms with Crippen molar-refractivity contribution in [1.82, 2.24) is 9.88 Å². The number of thiazole rings is 1. The Bertz CT molecular complexity index is 562. The highest BCUT2D eigenvalue weighted by molar-refractivity contribution is 7.09. The molecule has 0 N–H and O–H groups in total. The average Bonchev–Trinajstić information content (AvgIpc) is 2.95. The second kappa shape index (κ2) is 5.85. The second-order valence-corrected chi connectivity index (χ2v) is 8.69. The van der Waals surface area contributed by atoms with E-state index in [1.54, 1.807) is 7.11 Å². The summed E-state index contributed by atoms with van der Waals surface area (Å²) in [6, 6.07) is 0. The smallest absolute Gasteiger partial charge is 0.273 e. The summed E-state index contributed by atoms with van der Waals surface area (Å²) in [7, 11) is 1.66. The monoisotopic (exact) mass is 334 g/mol. The standard InChI is InChI=1S/C18H26N2O2S/c1-3-20(17(21)15-11-23-16(19-15)10-22-2)18-7-12-4-13(8-18)6-14(5-12)9-18/h11-14H,3-10H2,1-2H3. The minimum absolute atomic E-state index is 0.117. The van der Waals surface area contributed by atoms with Gasteiger partial charge >= 0.3 is 0 Å². The molecule has 1 heterocycles. The lowest BCUT2D eigenvalue weighted by Crippen LogP contribution is -2.61. The number of carbonyl (C=O) groups excluding carboxylic acids is 1. The van der Waals surface area contributed by atoms with E-state index in [2.05, 4.69) is 16.8 Å². The first-order valence-corrected chi connectivity index (χ1v) is 9.77. The third-order valence-corrected chi connectivity index (χ3v) is 7.00. The highest BCUT2D eigenvalue weighted by atomic mass is 32.1. The van der Waals surface area contributed by atoms with Gasteiger partial charge in [0.25, 0.3) is 5.91 Å². The van der Waals surface area contributed by atoms with E-state index in [9.17, 15) is 4.79 Å². The number of nitrogens with zero attached hydrogens (tertiary/aromatic N) is 2. The van der Waals surface area contributed by atoms with Gasteiger partial charge in [0.05, 0.1) is 6.61 Å². The van der Waals surface area contributed by atoms with Crippen LogP contribution in [0.3, 0.4) is 0 Å². The largest absolute Gasteiger partial charge is 0.378 e. The number of methoxy groups -OCH3 is 1. The first-order valence-electron chi connectivity index (χ1n) is 8.89. The van der Waals surface area contributed by atoms with Crippen molar-refractivity contribution in [1.29, 1.82) is 0 Å². The molecular formula is C18H26N2O2S. The van der Waals surface area contributed by atoms with E-state index in [-0.39, 0.29) is 11.4 Å². The van der Waals surface area contributed by atoms with Crippen LogP contribution in [0, 0.1) is 17.8 Å². The molecule has 0 saturated heterocycles. The van der Waals surface area contributed by atoms with Gasteiger partial charge in [-0.05, 0) is 63.2 Å². The average molecular weight is 334 g/mol. The van der Waals surface area contributed by atoms with Crippen molar-refractivity contribution in [2.45, 2.75) is 57.6 Å². The summed E-state index contributed by atoms with van der Waals surface area (Å²) in [5, 5.41) is 2.79. The Balaban J connectivity index is 1.59. The maximum Gasteiger partial charge on any atom is 0.273 e. The number of hydrogen-bond acceptors (Lipinski definition) is 4. The maximum absolute atomic E-state index is 13.1. The lowest BCUT2D eigenvalue weighted by atomic mass is 9.52. The second-order valence-electron chi connectivity index (χ2n) is 7.75. The quantitative estimate of drug-likeness (QED) is 0.824. The molecule has 0 atom stereocenters. The molecule has 4 aliphatic carbocycles. The van der Waals surface area contributed by atoms with Gasteiger partial charge in [-0.25, -0.2) is 4.98 Å². The minimum atomic E-state index is 0.117. The Morgan fingerprint density at radius 2 is 1.91 bits per heavy atom. The van der Waals surface area contributed by atoms with Gasteiger partial charge in [0, 0.05) is 24.6 Å². The number of ether oxygens (including phenoxy) is 1. The molecule has 4 nitrogen and oxygen atoms in total. The Hall–Kier alpha value is -0.940. The zero-order valence-electron chi connectivity index (χ0n) is 14.1. The summed E-state index contributed by atoms with van der Waals surface area (Å²) in [4.78, 5) is 19.8. The van der Waals surface area contributed by atoms with E-state index in [1.165, 1.54) is 49.9 Å². The van der Waals surface area contributed by atoms with Crippen molar-refractivity contribution in [2.75, 3.05) is 13.7 Å². The van der Waals surface area contributed by atoms with Crippen molar-refractivity contribution >= 4 is 17.2 Å². The fraction of sp³-hybridized carbons (Fsp3) is 0.778. The molecule has 4 fully saturated rings. The molecule has 4 bridgehead atoms. The van der Waals surface area contributed by atoms with Crippen LogP contribution < -0.4 is 0 Å². The van der Waals surface area contributed by atoms with Crippen LogP contribution in [0.1, 0.15) is 60.9 Å². The van der Waals surface area contributed by atoms with Crippen LogP contribution in [0.5, 0.6) is 0 Å². The van der Waals surface area contributed by atoms with Crippen molar-refractivity contribution in [3.8, 4) is 0 Å². The molecule has 0 aromatic carbocycles. The first-order chi connectivity index (χ1) is 11.1. The molecule has 126 valence electrons. The van der Waals surface area contributed by atoms with Crippen LogP contribution in [-0.4, -0.2) is 35.0 Å². The first kappa shape index (κ1) is 15.6. The van der Waals surface area contributed by atoms with Gasteiger partial charge < -0.3 is 9.64 Å². The highest BCUT2D eigenvalue weighted by Crippen LogP contribution is 2.57. The van der Waals surface area contributed by atoms with Gasteiger partial charge in [0.1, 0.15) is 10.7 Å². The Labute approximate surface area is 142 Å². The molecule has 1 aromatic rings. The van der Waals surface area contributed by atoms with Gasteiger partial charge in [0.15, 0.2) is 0 Å². The van der Waals surface area contributed by atoms with E-state index in [0.29, 0.717) is 12.3 Å². The predicted molar refractivity (Wildman–Crippen MR) is 90.4 cm³/mol. The Kier molecular flexibility index (Phi) is 3.96. The van der Waals surface area contributed by atoms with Crippen LogP contribution in [0.25, 0.3) is 0 Å². The van der Waals surface area contributed by atoms with Crippen LogP contribution >= 0.6 is 11.3 Å². The molecule has 0 unspecified atom stereocenters. The molecule has 4 aliphatic rings. The molecule has 5 rings (SSSR count). The van der Waals surface area contributed by atoms with Crippen molar-refractivity contribution < 1.29 is 9.53 Å². The van der Waals surface area contributed by atoms with E-state index >= 15 is 0 Å². The molecular weight excluding hydrogens is 308 g/mol. The third kappa shape index (κ3) is 2.62. The summed E-state index contributed by atoms with van der Waals surface area (Å²) in [6.45, 7) is 3.41. The highest BCUT2D eigenvalue weighted by Gasteiger charge is 2.54. The normalized spacial score (nSPS) is 34.8. The van der Waals surface area contributed by atoms with Gasteiger partial charge in [-0.1, -0.05) is 0 Å². The zero-order valence-corrected chi connectivity index (χ0v) is 14.9. The number of amides is 1. The van der Waals surface area contributed by atoms with Crippen LogP contribution in [0.15, 0.2) is 5.38 Å². The summed E-state index contributed by atoms with van der Waals surface area (Å²) >= 11 is 1.52. The summed E-state index contributed by atoms with van der Waals surface area (Å²) < 4.78 is 5.13. The van der Waals surface area contributed by atoms with Crippen LogP contribution in [0.2, 0.25) is 0 Å². The molecule has 5 heteroatoms. The maximum atomic E-state index is 13.1. The van der Waals surface area contributed by atoms with Crippen LogP contribution in [-0.2, 0) is 11.3 Å². The summed E-state index contributed by atoms with van der Waals surface area (Å²) in [6.07, 6.45) is 7.86. The SMILES string of the molecule is CCN(C(=O)c1csc(COC)n1)C12CC3CC(CC(C3)C1)C2. The van der Waals surface area contributed by atoms with Crippen LogP contribution in [0.4, 0.5) is 0 Å². The van der Waals surface area contributed by atoms with E-state index < -0.39 is 0 Å². The molecule has 0 radical (unpaired) electrons. The molecule has 23 heavy (non-hydrogen) atoms. The van der Waals surface area contributed by atoms with E-state index in [1.807, 2.05) is 5.38 Å². The lowest BCUT2D eigenvalue weighted by Gasteiger charge is -2.60. The third-order valence-electron chi connectivity index (χ3n) is 6.18. The lowest BCUT2D eigenvalue weighted by molar-refractivity contribution is -0.0732. The summed E-state index contributed by atoms with van der Waals surface area (Å²) in [5.74, 6) is 2.68. The van der Waals surface area contributed by atoms with E-state index in [4.69, 9.17) is 4.74 Å². The predicted octanol–water partition coefficient (Wildman–Crippen LogP) is 3.72. The van der Waals surface area contributed by atoms with Gasteiger partial charge in [-0.3, -0.25) is 4.79 Å². The number of carbonyl (C=O) groups is 1. The fourth-order valence-corrected chi connectivity index (χ4v) is 6.57. The molecule has 0 spiro atoms. The number of hydrogen-bond donors (Lipinski definition) is 0. The van der Waals surface area contributed by atoms with Crippen molar-refractivity contribution in [3.63, 3.8) is 0 Å². The topological polar surface area (TPSA) is 42.4 Å². The Morgan fingerprint density at radius 1 is 1.30 bits per heavy atom. The Morgan fingerprint density at radius 3 is 2.43 bits per heavy atom. The van der Waals surface area contributed by atoms with Gasteiger partial charge in [0.2, 0.25) is 0 Å². The zero-order chi connectivity index (χ0) is 16.0. The van der Waals surface area contributed by atoms with Crippen molar-refractivity contribution in [3.05, 3.63) is 16.1 Å². The molecule has 0 aliphatic heterocycles.